The second kappa shape index (κ2) is 5.70. The molecule has 1 aliphatic rings. The van der Waals surface area contributed by atoms with Gasteiger partial charge in [-0.3, -0.25) is 0 Å². The van der Waals surface area contributed by atoms with Crippen LogP contribution in [0.1, 0.15) is 11.9 Å². The lowest BCUT2D eigenvalue weighted by molar-refractivity contribution is -0.0501. The first-order valence-corrected chi connectivity index (χ1v) is 7.07. The number of hydrogen-bond donors (Lipinski definition) is 0. The lowest BCUT2D eigenvalue weighted by atomic mass is 10.2. The molecule has 10 heteroatoms. The minimum Gasteiger partial charge on any atom is -0.493 e. The molecule has 0 bridgehead atoms. The Morgan fingerprint density at radius 3 is 2.33 bits per heavy atom. The third-order valence-electron chi connectivity index (χ3n) is 2.56. The molecule has 0 aromatic heterocycles. The molecular weight excluding hydrogens is 317 g/mol. The Labute approximate surface area is 118 Å². The number of halogens is 3. The molecule has 118 valence electrons. The van der Waals surface area contributed by atoms with Crippen LogP contribution in [0.3, 0.4) is 0 Å². The van der Waals surface area contributed by atoms with E-state index >= 15 is 0 Å². The van der Waals surface area contributed by atoms with Crippen LogP contribution in [0.25, 0.3) is 0 Å². The van der Waals surface area contributed by atoms with Gasteiger partial charge in [-0.15, -0.1) is 0 Å². The number of ether oxygens (including phenoxy) is 3. The maximum atomic E-state index is 12.3. The van der Waals surface area contributed by atoms with Crippen molar-refractivity contribution in [2.75, 3.05) is 20.3 Å². The summed E-state index contributed by atoms with van der Waals surface area (Å²) >= 11 is 0. The minimum atomic E-state index is -5.76. The van der Waals surface area contributed by atoms with Gasteiger partial charge < -0.3 is 18.4 Å². The van der Waals surface area contributed by atoms with Crippen LogP contribution in [-0.4, -0.2) is 34.2 Å². The highest BCUT2D eigenvalue weighted by atomic mass is 32.2. The second-order valence-corrected chi connectivity index (χ2v) is 5.50. The van der Waals surface area contributed by atoms with Crippen LogP contribution < -0.4 is 8.92 Å². The molecule has 0 amide bonds. The van der Waals surface area contributed by atoms with Gasteiger partial charge in [0.05, 0.1) is 20.3 Å². The Kier molecular flexibility index (Phi) is 4.30. The molecule has 1 heterocycles. The molecule has 0 N–H and O–H groups in total. The summed E-state index contributed by atoms with van der Waals surface area (Å²) in [4.78, 5) is 0. The maximum Gasteiger partial charge on any atom is 0.534 e. The summed E-state index contributed by atoms with van der Waals surface area (Å²) in [7, 11) is -4.59. The number of rotatable bonds is 4. The van der Waals surface area contributed by atoms with Crippen LogP contribution >= 0.6 is 0 Å². The molecule has 1 aromatic carbocycles. The molecule has 1 fully saturated rings. The van der Waals surface area contributed by atoms with Crippen molar-refractivity contribution in [1.29, 1.82) is 0 Å². The first-order valence-electron chi connectivity index (χ1n) is 5.66. The van der Waals surface area contributed by atoms with Gasteiger partial charge in [0.2, 0.25) is 0 Å². The molecule has 0 spiro atoms. The molecule has 21 heavy (non-hydrogen) atoms. The molecule has 1 aromatic rings. The fourth-order valence-corrected chi connectivity index (χ4v) is 2.08. The summed E-state index contributed by atoms with van der Waals surface area (Å²) < 4.78 is 78.1. The molecule has 0 unspecified atom stereocenters. The van der Waals surface area contributed by atoms with Gasteiger partial charge in [-0.05, 0) is 18.2 Å². The van der Waals surface area contributed by atoms with Gasteiger partial charge in [0.1, 0.15) is 0 Å². The third kappa shape index (κ3) is 3.39. The quantitative estimate of drug-likeness (QED) is 0.622. The highest BCUT2D eigenvalue weighted by Gasteiger charge is 2.49. The maximum absolute atomic E-state index is 12.3. The van der Waals surface area contributed by atoms with Crippen molar-refractivity contribution in [2.24, 2.45) is 0 Å². The van der Waals surface area contributed by atoms with Gasteiger partial charge in [-0.2, -0.15) is 21.6 Å². The lowest BCUT2D eigenvalue weighted by Gasteiger charge is -2.15. The predicted octanol–water partition coefficient (Wildman–Crippen LogP) is 1.97. The van der Waals surface area contributed by atoms with E-state index in [1.807, 2.05) is 0 Å². The standard InChI is InChI=1S/C11H11F3O6S/c1-17-9-6-7(10-18-4-5-19-10)2-3-8(9)20-21(15,16)11(12,13)14/h2-3,6,10H,4-5H2,1H3. The first kappa shape index (κ1) is 15.9. The summed E-state index contributed by atoms with van der Waals surface area (Å²) in [6, 6.07) is 3.67. The van der Waals surface area contributed by atoms with E-state index < -0.39 is 27.7 Å². The summed E-state index contributed by atoms with van der Waals surface area (Å²) in [5, 5.41) is 0. The van der Waals surface area contributed by atoms with Crippen molar-refractivity contribution in [2.45, 2.75) is 11.8 Å². The third-order valence-corrected chi connectivity index (χ3v) is 3.53. The van der Waals surface area contributed by atoms with Crippen LogP contribution in [0.2, 0.25) is 0 Å². The summed E-state index contributed by atoms with van der Waals surface area (Å²) in [5.41, 5.74) is -5.05. The van der Waals surface area contributed by atoms with E-state index in [2.05, 4.69) is 4.18 Å². The fraction of sp³-hybridized carbons (Fsp3) is 0.455. The monoisotopic (exact) mass is 328 g/mol. The minimum absolute atomic E-state index is 0.181. The average Bonchev–Trinajstić information content (AvgIpc) is 2.91. The molecular formula is C11H11F3O6S. The SMILES string of the molecule is COc1cc(C2OCCO2)ccc1OS(=O)(=O)C(F)(F)F. The van der Waals surface area contributed by atoms with E-state index in [1.54, 1.807) is 0 Å². The molecule has 1 saturated heterocycles. The van der Waals surface area contributed by atoms with E-state index in [0.29, 0.717) is 18.8 Å². The van der Waals surface area contributed by atoms with Gasteiger partial charge in [-0.1, -0.05) is 0 Å². The van der Waals surface area contributed by atoms with Crippen molar-refractivity contribution in [3.05, 3.63) is 23.8 Å². The van der Waals surface area contributed by atoms with Crippen molar-refractivity contribution in [3.8, 4) is 11.5 Å². The molecule has 0 radical (unpaired) electrons. The molecule has 0 aliphatic carbocycles. The van der Waals surface area contributed by atoms with Crippen molar-refractivity contribution >= 4 is 10.1 Å². The van der Waals surface area contributed by atoms with E-state index in [1.165, 1.54) is 19.2 Å². The zero-order valence-corrected chi connectivity index (χ0v) is 11.5. The Balaban J connectivity index is 2.28. The second-order valence-electron chi connectivity index (χ2n) is 3.97. The van der Waals surface area contributed by atoms with E-state index in [-0.39, 0.29) is 5.75 Å². The number of benzene rings is 1. The Bertz CT molecular complexity index is 607. The van der Waals surface area contributed by atoms with Gasteiger partial charge in [0, 0.05) is 5.56 Å². The van der Waals surface area contributed by atoms with Crippen molar-refractivity contribution < 1.29 is 40.0 Å². The van der Waals surface area contributed by atoms with Crippen LogP contribution in [0.15, 0.2) is 18.2 Å². The number of alkyl halides is 3. The highest BCUT2D eigenvalue weighted by molar-refractivity contribution is 7.88. The highest BCUT2D eigenvalue weighted by Crippen LogP contribution is 2.36. The average molecular weight is 328 g/mol. The van der Waals surface area contributed by atoms with Gasteiger partial charge in [0.25, 0.3) is 0 Å². The zero-order chi connectivity index (χ0) is 15.7. The van der Waals surface area contributed by atoms with Crippen molar-refractivity contribution in [1.82, 2.24) is 0 Å². The Morgan fingerprint density at radius 1 is 1.19 bits per heavy atom. The Morgan fingerprint density at radius 2 is 1.81 bits per heavy atom. The van der Waals surface area contributed by atoms with E-state index in [0.717, 1.165) is 6.07 Å². The fourth-order valence-electron chi connectivity index (χ4n) is 1.62. The predicted molar refractivity (Wildman–Crippen MR) is 63.2 cm³/mol. The molecule has 2 rings (SSSR count). The van der Waals surface area contributed by atoms with Crippen LogP contribution in [-0.2, 0) is 19.6 Å². The van der Waals surface area contributed by atoms with Crippen LogP contribution in [0, 0.1) is 0 Å². The Hall–Kier alpha value is -1.52. The van der Waals surface area contributed by atoms with E-state index in [9.17, 15) is 21.6 Å². The normalized spacial score (nSPS) is 17.0. The largest absolute Gasteiger partial charge is 0.534 e. The summed E-state index contributed by atoms with van der Waals surface area (Å²) in [6.07, 6.45) is -0.674. The molecule has 0 saturated carbocycles. The molecule has 1 aliphatic heterocycles. The first-order chi connectivity index (χ1) is 9.74. The lowest BCUT2D eigenvalue weighted by Crippen LogP contribution is -2.28. The molecule has 6 nitrogen and oxygen atoms in total. The number of hydrogen-bond acceptors (Lipinski definition) is 6. The topological polar surface area (TPSA) is 71.1 Å². The summed E-state index contributed by atoms with van der Waals surface area (Å²) in [5.74, 6) is -0.754. The zero-order valence-electron chi connectivity index (χ0n) is 10.7. The smallest absolute Gasteiger partial charge is 0.493 e. The molecule has 0 atom stereocenters. The van der Waals surface area contributed by atoms with Gasteiger partial charge in [0.15, 0.2) is 17.8 Å². The number of methoxy groups -OCH3 is 1. The summed E-state index contributed by atoms with van der Waals surface area (Å²) in [6.45, 7) is 0.765. The van der Waals surface area contributed by atoms with Crippen LogP contribution in [0.4, 0.5) is 13.2 Å². The van der Waals surface area contributed by atoms with E-state index in [4.69, 9.17) is 14.2 Å². The van der Waals surface area contributed by atoms with Gasteiger partial charge >= 0.3 is 15.6 Å². The van der Waals surface area contributed by atoms with Crippen molar-refractivity contribution in [3.63, 3.8) is 0 Å². The van der Waals surface area contributed by atoms with Gasteiger partial charge in [-0.25, -0.2) is 0 Å². The van der Waals surface area contributed by atoms with Crippen LogP contribution in [0.5, 0.6) is 11.5 Å².